The second-order valence-electron chi connectivity index (χ2n) is 4.21. The van der Waals surface area contributed by atoms with Crippen LogP contribution in [0, 0.1) is 13.8 Å². The Morgan fingerprint density at radius 3 is 2.67 bits per heavy atom. The number of imidazole rings is 1. The zero-order valence-electron chi connectivity index (χ0n) is 10.4. The topological polar surface area (TPSA) is 29.9 Å². The van der Waals surface area contributed by atoms with E-state index in [0.717, 1.165) is 25.2 Å². The van der Waals surface area contributed by atoms with Crippen molar-refractivity contribution in [2.24, 2.45) is 0 Å². The van der Waals surface area contributed by atoms with Crippen molar-refractivity contribution in [3.63, 3.8) is 0 Å². The first-order valence-electron chi connectivity index (χ1n) is 5.87. The Balaban J connectivity index is 2.40. The third-order valence-corrected chi connectivity index (χ3v) is 2.93. The molecule has 1 rings (SSSR count). The van der Waals surface area contributed by atoms with Gasteiger partial charge in [0.1, 0.15) is 0 Å². The largest absolute Gasteiger partial charge is 0.332 e. The molecule has 15 heavy (non-hydrogen) atoms. The third-order valence-electron chi connectivity index (χ3n) is 2.93. The van der Waals surface area contributed by atoms with E-state index in [-0.39, 0.29) is 0 Å². The van der Waals surface area contributed by atoms with Crippen molar-refractivity contribution in [3.05, 3.63) is 17.7 Å². The molecule has 0 spiro atoms. The SMILES string of the molecule is CCCNCCC(C)n1cnc(C)c1C. The van der Waals surface area contributed by atoms with Crippen molar-refractivity contribution in [2.75, 3.05) is 13.1 Å². The van der Waals surface area contributed by atoms with Crippen molar-refractivity contribution in [1.29, 1.82) is 0 Å². The first kappa shape index (κ1) is 12.2. The van der Waals surface area contributed by atoms with Crippen LogP contribution < -0.4 is 5.32 Å². The predicted molar refractivity (Wildman–Crippen MR) is 64.2 cm³/mol. The summed E-state index contributed by atoms with van der Waals surface area (Å²) >= 11 is 0. The van der Waals surface area contributed by atoms with Crippen LogP contribution in [0.25, 0.3) is 0 Å². The highest BCUT2D eigenvalue weighted by atomic mass is 15.1. The van der Waals surface area contributed by atoms with E-state index in [1.54, 1.807) is 0 Å². The Kier molecular flexibility index (Phi) is 4.82. The Hall–Kier alpha value is -0.830. The van der Waals surface area contributed by atoms with Crippen LogP contribution >= 0.6 is 0 Å². The Morgan fingerprint density at radius 1 is 1.40 bits per heavy atom. The van der Waals surface area contributed by atoms with Crippen LogP contribution in [0.4, 0.5) is 0 Å². The molecule has 0 amide bonds. The van der Waals surface area contributed by atoms with Crippen LogP contribution in [0.1, 0.15) is 44.1 Å². The summed E-state index contributed by atoms with van der Waals surface area (Å²) in [5, 5.41) is 3.43. The van der Waals surface area contributed by atoms with E-state index in [2.05, 4.69) is 42.6 Å². The Labute approximate surface area is 92.9 Å². The van der Waals surface area contributed by atoms with E-state index in [1.165, 1.54) is 12.1 Å². The minimum atomic E-state index is 0.538. The van der Waals surface area contributed by atoms with Gasteiger partial charge in [-0.1, -0.05) is 6.92 Å². The average Bonchev–Trinajstić information content (AvgIpc) is 2.55. The lowest BCUT2D eigenvalue weighted by Gasteiger charge is -2.15. The highest BCUT2D eigenvalue weighted by Crippen LogP contribution is 2.14. The monoisotopic (exact) mass is 209 g/mol. The second kappa shape index (κ2) is 5.91. The van der Waals surface area contributed by atoms with Crippen molar-refractivity contribution >= 4 is 0 Å². The van der Waals surface area contributed by atoms with Crippen LogP contribution in [0.3, 0.4) is 0 Å². The molecule has 3 heteroatoms. The third kappa shape index (κ3) is 3.34. The molecule has 0 saturated carbocycles. The summed E-state index contributed by atoms with van der Waals surface area (Å²) in [6.07, 6.45) is 4.32. The van der Waals surface area contributed by atoms with Gasteiger partial charge in [-0.3, -0.25) is 0 Å². The normalized spacial score (nSPS) is 13.1. The lowest BCUT2D eigenvalue weighted by atomic mass is 10.2. The van der Waals surface area contributed by atoms with E-state index >= 15 is 0 Å². The molecular formula is C12H23N3. The number of aryl methyl sites for hydroxylation is 1. The van der Waals surface area contributed by atoms with Gasteiger partial charge in [-0.25, -0.2) is 4.98 Å². The molecule has 0 radical (unpaired) electrons. The van der Waals surface area contributed by atoms with Gasteiger partial charge >= 0.3 is 0 Å². The van der Waals surface area contributed by atoms with Gasteiger partial charge < -0.3 is 9.88 Å². The zero-order valence-corrected chi connectivity index (χ0v) is 10.4. The highest BCUT2D eigenvalue weighted by molar-refractivity contribution is 5.09. The molecule has 1 atom stereocenters. The lowest BCUT2D eigenvalue weighted by Crippen LogP contribution is -2.19. The van der Waals surface area contributed by atoms with E-state index in [0.29, 0.717) is 6.04 Å². The van der Waals surface area contributed by atoms with E-state index in [4.69, 9.17) is 0 Å². The fourth-order valence-corrected chi connectivity index (χ4v) is 1.71. The van der Waals surface area contributed by atoms with Gasteiger partial charge in [0.15, 0.2) is 0 Å². The summed E-state index contributed by atoms with van der Waals surface area (Å²) in [5.74, 6) is 0. The molecule has 1 N–H and O–H groups in total. The number of aromatic nitrogens is 2. The number of rotatable bonds is 6. The van der Waals surface area contributed by atoms with Gasteiger partial charge in [-0.2, -0.15) is 0 Å². The smallest absolute Gasteiger partial charge is 0.0953 e. The quantitative estimate of drug-likeness (QED) is 0.729. The molecule has 0 aromatic carbocycles. The van der Waals surface area contributed by atoms with Gasteiger partial charge in [0, 0.05) is 11.7 Å². The molecule has 1 aromatic heterocycles. The Bertz CT molecular complexity index is 291. The summed E-state index contributed by atoms with van der Waals surface area (Å²) < 4.78 is 2.27. The van der Waals surface area contributed by atoms with Crippen molar-refractivity contribution in [3.8, 4) is 0 Å². The summed E-state index contributed by atoms with van der Waals surface area (Å²) in [5.41, 5.74) is 2.43. The van der Waals surface area contributed by atoms with Crippen molar-refractivity contribution < 1.29 is 0 Å². The summed E-state index contributed by atoms with van der Waals surface area (Å²) in [6, 6.07) is 0.538. The van der Waals surface area contributed by atoms with Gasteiger partial charge in [0.25, 0.3) is 0 Å². The first-order valence-corrected chi connectivity index (χ1v) is 5.87. The number of hydrogen-bond acceptors (Lipinski definition) is 2. The number of nitrogens with one attached hydrogen (secondary N) is 1. The highest BCUT2D eigenvalue weighted by Gasteiger charge is 2.08. The van der Waals surface area contributed by atoms with Gasteiger partial charge in [-0.05, 0) is 46.7 Å². The van der Waals surface area contributed by atoms with Crippen LogP contribution in [0.15, 0.2) is 6.33 Å². The standard InChI is InChI=1S/C12H23N3/c1-5-7-13-8-6-10(2)15-9-14-11(3)12(15)4/h9-10,13H,5-8H2,1-4H3. The van der Waals surface area contributed by atoms with Crippen molar-refractivity contribution in [2.45, 2.75) is 46.6 Å². The molecule has 0 aliphatic heterocycles. The van der Waals surface area contributed by atoms with E-state index in [9.17, 15) is 0 Å². The molecule has 1 unspecified atom stereocenters. The van der Waals surface area contributed by atoms with Crippen LogP contribution in [0.5, 0.6) is 0 Å². The molecule has 3 nitrogen and oxygen atoms in total. The van der Waals surface area contributed by atoms with Gasteiger partial charge in [-0.15, -0.1) is 0 Å². The minimum Gasteiger partial charge on any atom is -0.332 e. The van der Waals surface area contributed by atoms with Crippen LogP contribution in [0.2, 0.25) is 0 Å². The Morgan fingerprint density at radius 2 is 2.13 bits per heavy atom. The molecule has 0 fully saturated rings. The molecule has 1 heterocycles. The molecule has 0 bridgehead atoms. The maximum atomic E-state index is 4.32. The van der Waals surface area contributed by atoms with Gasteiger partial charge in [0.05, 0.1) is 12.0 Å². The van der Waals surface area contributed by atoms with Crippen LogP contribution in [-0.4, -0.2) is 22.6 Å². The summed E-state index contributed by atoms with van der Waals surface area (Å²) in [6.45, 7) is 10.9. The number of nitrogens with zero attached hydrogens (tertiary/aromatic N) is 2. The molecule has 0 saturated heterocycles. The maximum absolute atomic E-state index is 4.32. The molecule has 0 aliphatic carbocycles. The minimum absolute atomic E-state index is 0.538. The van der Waals surface area contributed by atoms with E-state index in [1.807, 2.05) is 6.33 Å². The van der Waals surface area contributed by atoms with E-state index < -0.39 is 0 Å². The van der Waals surface area contributed by atoms with Gasteiger partial charge in [0.2, 0.25) is 0 Å². The first-order chi connectivity index (χ1) is 7.16. The summed E-state index contributed by atoms with van der Waals surface area (Å²) in [7, 11) is 0. The van der Waals surface area contributed by atoms with Crippen molar-refractivity contribution in [1.82, 2.24) is 14.9 Å². The lowest BCUT2D eigenvalue weighted by molar-refractivity contribution is 0.475. The molecule has 86 valence electrons. The second-order valence-corrected chi connectivity index (χ2v) is 4.21. The summed E-state index contributed by atoms with van der Waals surface area (Å²) in [4.78, 5) is 4.32. The molecule has 1 aromatic rings. The maximum Gasteiger partial charge on any atom is 0.0953 e. The average molecular weight is 209 g/mol. The predicted octanol–water partition coefficient (Wildman–Crippen LogP) is 2.45. The number of hydrogen-bond donors (Lipinski definition) is 1. The van der Waals surface area contributed by atoms with Crippen LogP contribution in [-0.2, 0) is 0 Å². The molecular weight excluding hydrogens is 186 g/mol. The fourth-order valence-electron chi connectivity index (χ4n) is 1.71. The molecule has 0 aliphatic rings. The zero-order chi connectivity index (χ0) is 11.3. The fraction of sp³-hybridized carbons (Fsp3) is 0.750.